The summed E-state index contributed by atoms with van der Waals surface area (Å²) < 4.78 is 6.04. The van der Waals surface area contributed by atoms with Crippen LogP contribution in [0.15, 0.2) is 0 Å². The van der Waals surface area contributed by atoms with Crippen molar-refractivity contribution < 1.29 is 9.84 Å². The summed E-state index contributed by atoms with van der Waals surface area (Å²) in [4.78, 5) is 0. The van der Waals surface area contributed by atoms with Gasteiger partial charge in [0.1, 0.15) is 0 Å². The van der Waals surface area contributed by atoms with Crippen molar-refractivity contribution >= 4 is 0 Å². The lowest BCUT2D eigenvalue weighted by Crippen LogP contribution is -2.49. The van der Waals surface area contributed by atoms with Gasteiger partial charge < -0.3 is 15.2 Å². The molecule has 0 radical (unpaired) electrons. The van der Waals surface area contributed by atoms with E-state index in [2.05, 4.69) is 33.0 Å². The molecule has 0 spiro atoms. The molecule has 3 atom stereocenters. The summed E-state index contributed by atoms with van der Waals surface area (Å²) in [5.41, 5.74) is -0.147. The van der Waals surface area contributed by atoms with E-state index in [1.54, 1.807) is 0 Å². The molecule has 1 aliphatic carbocycles. The van der Waals surface area contributed by atoms with Crippen molar-refractivity contribution in [2.24, 2.45) is 5.92 Å². The molecule has 120 valence electrons. The molecule has 0 saturated heterocycles. The van der Waals surface area contributed by atoms with E-state index in [9.17, 15) is 5.11 Å². The number of aliphatic hydroxyl groups is 1. The molecule has 1 fully saturated rings. The number of aliphatic hydroxyl groups excluding tert-OH is 1. The Morgan fingerprint density at radius 2 is 1.95 bits per heavy atom. The van der Waals surface area contributed by atoms with Crippen molar-refractivity contribution in [1.29, 1.82) is 0 Å². The standard InChI is InChI=1S/C17H35NO2/c1-14(2)18-17(4,13-19)11-7-8-12-20-16-10-6-5-9-15(16)3/h14-16,18-19H,5-13H2,1-4H3. The summed E-state index contributed by atoms with van der Waals surface area (Å²) in [6, 6.07) is 0.409. The van der Waals surface area contributed by atoms with Gasteiger partial charge in [0.2, 0.25) is 0 Å². The molecule has 3 nitrogen and oxygen atoms in total. The highest BCUT2D eigenvalue weighted by Gasteiger charge is 2.24. The lowest BCUT2D eigenvalue weighted by atomic mass is 9.88. The predicted octanol–water partition coefficient (Wildman–Crippen LogP) is 3.50. The SMILES string of the molecule is CC(C)NC(C)(CO)CCCCOC1CCCCC1C. The molecule has 1 aliphatic rings. The third-order valence-electron chi connectivity index (χ3n) is 4.47. The zero-order chi connectivity index (χ0) is 15.0. The molecule has 0 bridgehead atoms. The van der Waals surface area contributed by atoms with Crippen molar-refractivity contribution in [1.82, 2.24) is 5.32 Å². The second-order valence-electron chi connectivity index (χ2n) is 7.15. The van der Waals surface area contributed by atoms with Crippen LogP contribution in [-0.2, 0) is 4.74 Å². The van der Waals surface area contributed by atoms with Gasteiger partial charge in [0.15, 0.2) is 0 Å². The Bertz CT molecular complexity index is 257. The minimum Gasteiger partial charge on any atom is -0.394 e. The minimum absolute atomic E-state index is 0.147. The number of nitrogens with one attached hydrogen (secondary N) is 1. The van der Waals surface area contributed by atoms with Gasteiger partial charge in [-0.05, 0) is 44.9 Å². The van der Waals surface area contributed by atoms with Gasteiger partial charge in [0, 0.05) is 18.2 Å². The summed E-state index contributed by atoms with van der Waals surface area (Å²) in [6.07, 6.45) is 8.96. The maximum Gasteiger partial charge on any atom is 0.0610 e. The molecule has 3 heteroatoms. The number of ether oxygens (including phenoxy) is 1. The van der Waals surface area contributed by atoms with E-state index in [1.165, 1.54) is 25.7 Å². The summed E-state index contributed by atoms with van der Waals surface area (Å²) in [5, 5.41) is 13.0. The predicted molar refractivity (Wildman–Crippen MR) is 85.0 cm³/mol. The van der Waals surface area contributed by atoms with Crippen LogP contribution in [-0.4, -0.2) is 36.0 Å². The quantitative estimate of drug-likeness (QED) is 0.637. The first-order valence-corrected chi connectivity index (χ1v) is 8.47. The molecule has 0 aromatic rings. The zero-order valence-electron chi connectivity index (χ0n) is 14.0. The van der Waals surface area contributed by atoms with E-state index < -0.39 is 0 Å². The highest BCUT2D eigenvalue weighted by Crippen LogP contribution is 2.26. The summed E-state index contributed by atoms with van der Waals surface area (Å²) in [5.74, 6) is 0.731. The lowest BCUT2D eigenvalue weighted by Gasteiger charge is -2.31. The van der Waals surface area contributed by atoms with Crippen LogP contribution < -0.4 is 5.32 Å². The van der Waals surface area contributed by atoms with E-state index in [-0.39, 0.29) is 12.1 Å². The minimum atomic E-state index is -0.147. The molecule has 1 saturated carbocycles. The molecule has 0 aromatic carbocycles. The molecular weight excluding hydrogens is 250 g/mol. The Hall–Kier alpha value is -0.120. The molecule has 0 aromatic heterocycles. The van der Waals surface area contributed by atoms with Gasteiger partial charge in [-0.15, -0.1) is 0 Å². The van der Waals surface area contributed by atoms with Crippen molar-refractivity contribution in [3.8, 4) is 0 Å². The average molecular weight is 285 g/mol. The smallest absolute Gasteiger partial charge is 0.0610 e. The summed E-state index contributed by atoms with van der Waals surface area (Å²) >= 11 is 0. The number of rotatable bonds is 9. The highest BCUT2D eigenvalue weighted by molar-refractivity contribution is 4.83. The van der Waals surface area contributed by atoms with Crippen molar-refractivity contribution in [3.63, 3.8) is 0 Å². The van der Waals surface area contributed by atoms with Gasteiger partial charge in [-0.25, -0.2) is 0 Å². The van der Waals surface area contributed by atoms with Gasteiger partial charge >= 0.3 is 0 Å². The first-order valence-electron chi connectivity index (χ1n) is 8.47. The van der Waals surface area contributed by atoms with E-state index >= 15 is 0 Å². The zero-order valence-corrected chi connectivity index (χ0v) is 14.0. The van der Waals surface area contributed by atoms with Crippen LogP contribution in [0.5, 0.6) is 0 Å². The fraction of sp³-hybridized carbons (Fsp3) is 1.00. The Labute approximate surface area is 125 Å². The monoisotopic (exact) mass is 285 g/mol. The lowest BCUT2D eigenvalue weighted by molar-refractivity contribution is -0.00732. The van der Waals surface area contributed by atoms with E-state index in [1.807, 2.05) is 0 Å². The fourth-order valence-corrected chi connectivity index (χ4v) is 3.28. The van der Waals surface area contributed by atoms with Crippen LogP contribution >= 0.6 is 0 Å². The Morgan fingerprint density at radius 1 is 1.25 bits per heavy atom. The van der Waals surface area contributed by atoms with Crippen LogP contribution in [0, 0.1) is 5.92 Å². The van der Waals surface area contributed by atoms with Gasteiger partial charge in [0.25, 0.3) is 0 Å². The van der Waals surface area contributed by atoms with Gasteiger partial charge in [0.05, 0.1) is 12.7 Å². The van der Waals surface area contributed by atoms with Gasteiger partial charge in [-0.1, -0.05) is 33.6 Å². The van der Waals surface area contributed by atoms with E-state index in [0.29, 0.717) is 12.1 Å². The molecule has 0 amide bonds. The average Bonchev–Trinajstić information content (AvgIpc) is 2.39. The largest absolute Gasteiger partial charge is 0.394 e. The summed E-state index contributed by atoms with van der Waals surface area (Å²) in [6.45, 7) is 9.75. The van der Waals surface area contributed by atoms with Crippen molar-refractivity contribution in [3.05, 3.63) is 0 Å². The molecule has 0 aliphatic heterocycles. The number of hydrogen-bond donors (Lipinski definition) is 2. The first kappa shape index (κ1) is 17.9. The second kappa shape index (κ2) is 9.01. The Kier molecular flexibility index (Phi) is 8.08. The first-order chi connectivity index (χ1) is 9.47. The van der Waals surface area contributed by atoms with E-state index in [0.717, 1.165) is 31.8 Å². The third kappa shape index (κ3) is 6.55. The summed E-state index contributed by atoms with van der Waals surface area (Å²) in [7, 11) is 0. The fourth-order valence-electron chi connectivity index (χ4n) is 3.28. The Balaban J connectivity index is 2.14. The van der Waals surface area contributed by atoms with Crippen LogP contribution in [0.1, 0.15) is 72.6 Å². The molecule has 2 N–H and O–H groups in total. The van der Waals surface area contributed by atoms with Crippen LogP contribution in [0.3, 0.4) is 0 Å². The highest BCUT2D eigenvalue weighted by atomic mass is 16.5. The van der Waals surface area contributed by atoms with Crippen LogP contribution in [0.4, 0.5) is 0 Å². The maximum atomic E-state index is 9.54. The molecule has 20 heavy (non-hydrogen) atoms. The van der Waals surface area contributed by atoms with Crippen molar-refractivity contribution in [2.45, 2.75) is 90.3 Å². The van der Waals surface area contributed by atoms with E-state index in [4.69, 9.17) is 4.74 Å². The third-order valence-corrected chi connectivity index (χ3v) is 4.47. The topological polar surface area (TPSA) is 41.5 Å². The van der Waals surface area contributed by atoms with Crippen LogP contribution in [0.2, 0.25) is 0 Å². The normalized spacial score (nSPS) is 26.7. The number of unbranched alkanes of at least 4 members (excludes halogenated alkanes) is 1. The van der Waals surface area contributed by atoms with Gasteiger partial charge in [-0.2, -0.15) is 0 Å². The molecule has 1 rings (SSSR count). The maximum absolute atomic E-state index is 9.54. The second-order valence-corrected chi connectivity index (χ2v) is 7.15. The molecule has 0 heterocycles. The number of hydrogen-bond acceptors (Lipinski definition) is 3. The van der Waals surface area contributed by atoms with Crippen molar-refractivity contribution in [2.75, 3.05) is 13.2 Å². The molecular formula is C17H35NO2. The van der Waals surface area contributed by atoms with Crippen LogP contribution in [0.25, 0.3) is 0 Å². The molecule has 3 unspecified atom stereocenters. The van der Waals surface area contributed by atoms with Gasteiger partial charge in [-0.3, -0.25) is 0 Å². The Morgan fingerprint density at radius 3 is 2.55 bits per heavy atom.